The molecule has 2 N–H and O–H groups in total. The van der Waals surface area contributed by atoms with E-state index >= 15 is 0 Å². The lowest BCUT2D eigenvalue weighted by molar-refractivity contribution is -0.125. The fourth-order valence-electron chi connectivity index (χ4n) is 3.16. The van der Waals surface area contributed by atoms with Crippen molar-refractivity contribution >= 4 is 6.29 Å². The van der Waals surface area contributed by atoms with Crippen LogP contribution in [0.5, 0.6) is 0 Å². The number of carbonyl (C=O) groups is 1. The Kier molecular flexibility index (Phi) is 3.79. The number of hydrogen-bond donors (Lipinski definition) is 2. The van der Waals surface area contributed by atoms with Crippen LogP contribution in [0.15, 0.2) is 23.8 Å². The minimum absolute atomic E-state index is 0.00120. The van der Waals surface area contributed by atoms with Crippen molar-refractivity contribution < 1.29 is 15.0 Å². The van der Waals surface area contributed by atoms with Crippen LogP contribution in [0, 0.1) is 17.3 Å². The van der Waals surface area contributed by atoms with Gasteiger partial charge in [0.05, 0.1) is 18.6 Å². The van der Waals surface area contributed by atoms with Crippen LogP contribution in [-0.4, -0.2) is 29.7 Å². The van der Waals surface area contributed by atoms with Gasteiger partial charge in [0, 0.05) is 0 Å². The van der Waals surface area contributed by atoms with E-state index in [-0.39, 0.29) is 19.1 Å². The van der Waals surface area contributed by atoms with Gasteiger partial charge in [-0.2, -0.15) is 0 Å². The van der Waals surface area contributed by atoms with Crippen molar-refractivity contribution in [3.8, 4) is 0 Å². The van der Waals surface area contributed by atoms with Crippen LogP contribution >= 0.6 is 0 Å². The lowest BCUT2D eigenvalue weighted by Gasteiger charge is -2.42. The predicted octanol–water partition coefficient (Wildman–Crippen LogP) is 1.46. The second-order valence-corrected chi connectivity index (χ2v) is 5.18. The first kappa shape index (κ1) is 12.5. The Balaban J connectivity index is 2.32. The van der Waals surface area contributed by atoms with Crippen molar-refractivity contribution in [2.45, 2.75) is 25.7 Å². The molecule has 2 rings (SSSR count). The summed E-state index contributed by atoms with van der Waals surface area (Å²) < 4.78 is 0. The van der Waals surface area contributed by atoms with Crippen LogP contribution < -0.4 is 0 Å². The van der Waals surface area contributed by atoms with Crippen molar-refractivity contribution in [1.82, 2.24) is 0 Å². The summed E-state index contributed by atoms with van der Waals surface area (Å²) in [6.07, 6.45) is 11.1. The van der Waals surface area contributed by atoms with Gasteiger partial charge in [0.15, 0.2) is 0 Å². The number of aliphatic hydroxyl groups excluding tert-OH is 2. The molecule has 0 amide bonds. The minimum atomic E-state index is -0.990. The Bertz CT molecular complexity index is 339. The van der Waals surface area contributed by atoms with Gasteiger partial charge in [-0.3, -0.25) is 0 Å². The molecule has 2 aliphatic carbocycles. The third-order valence-electron chi connectivity index (χ3n) is 4.28. The van der Waals surface area contributed by atoms with E-state index < -0.39 is 5.41 Å². The molecule has 0 aromatic heterocycles. The fraction of sp³-hybridized carbons (Fsp3) is 0.643. The van der Waals surface area contributed by atoms with E-state index in [1.165, 1.54) is 5.57 Å². The van der Waals surface area contributed by atoms with Crippen molar-refractivity contribution in [2.24, 2.45) is 17.3 Å². The summed E-state index contributed by atoms with van der Waals surface area (Å²) in [5.41, 5.74) is 0.254. The molecule has 0 aliphatic heterocycles. The fourth-order valence-corrected chi connectivity index (χ4v) is 3.16. The highest BCUT2D eigenvalue weighted by Gasteiger charge is 2.43. The van der Waals surface area contributed by atoms with Gasteiger partial charge in [-0.15, -0.1) is 0 Å². The standard InChI is InChI=1S/C14H20O3/c15-8-14(9-16,10-17)13-7-3-5-11-4-1-2-6-12(11)13/h1-2,6,8,11,13,16-17H,3-5,7,9-10H2. The number of allylic oxidation sites excluding steroid dienone is 4. The quantitative estimate of drug-likeness (QED) is 0.726. The Morgan fingerprint density at radius 2 is 2.12 bits per heavy atom. The maximum Gasteiger partial charge on any atom is 0.131 e. The second-order valence-electron chi connectivity index (χ2n) is 5.18. The molecule has 0 aromatic rings. The van der Waals surface area contributed by atoms with E-state index in [1.54, 1.807) is 0 Å². The van der Waals surface area contributed by atoms with Gasteiger partial charge in [0.2, 0.25) is 0 Å². The average Bonchev–Trinajstić information content (AvgIpc) is 2.41. The molecule has 17 heavy (non-hydrogen) atoms. The molecule has 2 aliphatic rings. The molecule has 0 bridgehead atoms. The molecule has 1 saturated carbocycles. The van der Waals surface area contributed by atoms with Crippen LogP contribution in [0.1, 0.15) is 25.7 Å². The number of aliphatic hydroxyl groups is 2. The Morgan fingerprint density at radius 3 is 2.76 bits per heavy atom. The van der Waals surface area contributed by atoms with Gasteiger partial charge in [-0.05, 0) is 31.1 Å². The van der Waals surface area contributed by atoms with Crippen molar-refractivity contribution in [3.63, 3.8) is 0 Å². The largest absolute Gasteiger partial charge is 0.395 e. The smallest absolute Gasteiger partial charge is 0.131 e. The molecule has 3 nitrogen and oxygen atoms in total. The summed E-state index contributed by atoms with van der Waals surface area (Å²) in [7, 11) is 0. The number of fused-ring (bicyclic) bond motifs is 1. The van der Waals surface area contributed by atoms with Crippen molar-refractivity contribution in [1.29, 1.82) is 0 Å². The SMILES string of the molecule is O=CC(CO)(CO)C1CCCC2CC=CC=C21. The topological polar surface area (TPSA) is 57.5 Å². The third kappa shape index (κ3) is 2.09. The molecule has 2 unspecified atom stereocenters. The second kappa shape index (κ2) is 5.15. The normalized spacial score (nSPS) is 28.5. The lowest BCUT2D eigenvalue weighted by Crippen LogP contribution is -2.43. The van der Waals surface area contributed by atoms with Gasteiger partial charge < -0.3 is 15.0 Å². The first-order chi connectivity index (χ1) is 8.27. The molecular formula is C14H20O3. The van der Waals surface area contributed by atoms with Gasteiger partial charge in [-0.25, -0.2) is 0 Å². The van der Waals surface area contributed by atoms with E-state index in [9.17, 15) is 15.0 Å². The highest BCUT2D eigenvalue weighted by Crippen LogP contribution is 2.45. The van der Waals surface area contributed by atoms with Crippen LogP contribution in [0.25, 0.3) is 0 Å². The zero-order chi connectivity index (χ0) is 12.3. The Labute approximate surface area is 102 Å². The van der Waals surface area contributed by atoms with Crippen molar-refractivity contribution in [3.05, 3.63) is 23.8 Å². The van der Waals surface area contributed by atoms with E-state index in [2.05, 4.69) is 12.2 Å². The van der Waals surface area contributed by atoms with Gasteiger partial charge in [0.25, 0.3) is 0 Å². The first-order valence-corrected chi connectivity index (χ1v) is 6.32. The number of hydrogen-bond acceptors (Lipinski definition) is 3. The summed E-state index contributed by atoms with van der Waals surface area (Å²) in [5, 5.41) is 19.0. The monoisotopic (exact) mass is 236 g/mol. The molecule has 3 heteroatoms. The van der Waals surface area contributed by atoms with Crippen LogP contribution in [0.3, 0.4) is 0 Å². The van der Waals surface area contributed by atoms with E-state index in [0.717, 1.165) is 32.0 Å². The maximum absolute atomic E-state index is 11.3. The number of carbonyl (C=O) groups excluding carboxylic acids is 1. The van der Waals surface area contributed by atoms with Crippen molar-refractivity contribution in [2.75, 3.05) is 13.2 Å². The Morgan fingerprint density at radius 1 is 1.35 bits per heavy atom. The summed E-state index contributed by atoms with van der Waals surface area (Å²) in [5.74, 6) is 0.495. The van der Waals surface area contributed by atoms with E-state index in [0.29, 0.717) is 5.92 Å². The van der Waals surface area contributed by atoms with E-state index in [4.69, 9.17) is 0 Å². The molecule has 1 fully saturated rings. The molecule has 0 radical (unpaired) electrons. The molecule has 0 heterocycles. The molecule has 0 aromatic carbocycles. The lowest BCUT2D eigenvalue weighted by atomic mass is 9.63. The Hall–Kier alpha value is -0.930. The zero-order valence-corrected chi connectivity index (χ0v) is 10.0. The summed E-state index contributed by atoms with van der Waals surface area (Å²) in [6.45, 7) is -0.545. The molecule has 0 saturated heterocycles. The third-order valence-corrected chi connectivity index (χ3v) is 4.28. The van der Waals surface area contributed by atoms with Gasteiger partial charge in [-0.1, -0.05) is 30.2 Å². The van der Waals surface area contributed by atoms with Crippen LogP contribution in [-0.2, 0) is 4.79 Å². The summed E-state index contributed by atoms with van der Waals surface area (Å²) in [4.78, 5) is 11.3. The first-order valence-electron chi connectivity index (χ1n) is 6.32. The van der Waals surface area contributed by atoms with E-state index in [1.807, 2.05) is 6.08 Å². The van der Waals surface area contributed by atoms with Gasteiger partial charge >= 0.3 is 0 Å². The van der Waals surface area contributed by atoms with Crippen LogP contribution in [0.4, 0.5) is 0 Å². The maximum atomic E-state index is 11.3. The summed E-state index contributed by atoms with van der Waals surface area (Å²) in [6, 6.07) is 0. The molecule has 0 spiro atoms. The minimum Gasteiger partial charge on any atom is -0.395 e. The number of aldehydes is 1. The predicted molar refractivity (Wildman–Crippen MR) is 65.3 cm³/mol. The zero-order valence-electron chi connectivity index (χ0n) is 10.0. The highest BCUT2D eigenvalue weighted by molar-refractivity contribution is 5.62. The highest BCUT2D eigenvalue weighted by atomic mass is 16.3. The number of rotatable bonds is 4. The molecule has 2 atom stereocenters. The average molecular weight is 236 g/mol. The summed E-state index contributed by atoms with van der Waals surface area (Å²) >= 11 is 0. The molecular weight excluding hydrogens is 216 g/mol. The van der Waals surface area contributed by atoms with Gasteiger partial charge in [0.1, 0.15) is 6.29 Å². The molecule has 94 valence electrons. The van der Waals surface area contributed by atoms with Crippen LogP contribution in [0.2, 0.25) is 0 Å².